The molecule has 2 aromatic carbocycles. The third-order valence-corrected chi connectivity index (χ3v) is 4.70. The largest absolute Gasteiger partial charge is 0.507 e. The molecule has 1 heterocycles. The first-order valence-electron chi connectivity index (χ1n) is 9.22. The molecule has 0 bridgehead atoms. The summed E-state index contributed by atoms with van der Waals surface area (Å²) in [6, 6.07) is 13.1. The van der Waals surface area contributed by atoms with E-state index >= 15 is 0 Å². The van der Waals surface area contributed by atoms with Gasteiger partial charge in [-0.3, -0.25) is 19.7 Å². The van der Waals surface area contributed by atoms with Crippen molar-refractivity contribution in [1.82, 2.24) is 4.90 Å². The monoisotopic (exact) mass is 412 g/mol. The number of aliphatic hydroxyl groups excluding tert-OH is 2. The maximum atomic E-state index is 12.8. The minimum Gasteiger partial charge on any atom is -0.507 e. The molecule has 1 atom stereocenters. The maximum absolute atomic E-state index is 12.8. The zero-order chi connectivity index (χ0) is 21.7. The van der Waals surface area contributed by atoms with E-state index in [2.05, 4.69) is 0 Å². The van der Waals surface area contributed by atoms with Crippen molar-refractivity contribution in [3.8, 4) is 0 Å². The van der Waals surface area contributed by atoms with Crippen molar-refractivity contribution in [2.24, 2.45) is 0 Å². The number of amides is 1. The zero-order valence-electron chi connectivity index (χ0n) is 15.9. The fourth-order valence-corrected chi connectivity index (χ4v) is 3.34. The van der Waals surface area contributed by atoms with E-state index in [0.29, 0.717) is 5.56 Å². The Bertz CT molecular complexity index is 988. The number of aliphatic hydroxyl groups is 2. The summed E-state index contributed by atoms with van der Waals surface area (Å²) >= 11 is 0. The minimum atomic E-state index is -0.880. The molecule has 1 aliphatic heterocycles. The molecular weight excluding hydrogens is 392 g/mol. The number of benzene rings is 2. The Morgan fingerprint density at radius 3 is 2.50 bits per heavy atom. The Labute approximate surface area is 172 Å². The molecule has 2 aromatic rings. The molecule has 30 heavy (non-hydrogen) atoms. The van der Waals surface area contributed by atoms with Crippen molar-refractivity contribution >= 4 is 23.1 Å². The van der Waals surface area contributed by atoms with E-state index in [-0.39, 0.29) is 43.2 Å². The predicted octanol–water partition coefficient (Wildman–Crippen LogP) is 2.03. The molecule has 156 valence electrons. The fourth-order valence-electron chi connectivity index (χ4n) is 3.34. The van der Waals surface area contributed by atoms with Crippen LogP contribution in [0.5, 0.6) is 0 Å². The summed E-state index contributed by atoms with van der Waals surface area (Å²) in [7, 11) is 0. The predicted molar refractivity (Wildman–Crippen MR) is 106 cm³/mol. The highest BCUT2D eigenvalue weighted by molar-refractivity contribution is 6.46. The molecule has 1 amide bonds. The van der Waals surface area contributed by atoms with Gasteiger partial charge >= 0.3 is 0 Å². The van der Waals surface area contributed by atoms with Crippen molar-refractivity contribution in [2.45, 2.75) is 6.04 Å². The van der Waals surface area contributed by atoms with Gasteiger partial charge in [0.05, 0.1) is 36.4 Å². The average Bonchev–Trinajstić information content (AvgIpc) is 3.01. The average molecular weight is 412 g/mol. The number of carbonyl (C=O) groups excluding carboxylic acids is 2. The lowest BCUT2D eigenvalue weighted by Gasteiger charge is -2.25. The number of Topliss-reactive ketones (excluding diaryl/α,β-unsaturated/α-hetero) is 1. The van der Waals surface area contributed by atoms with Crippen molar-refractivity contribution < 1.29 is 29.5 Å². The number of rotatable bonds is 8. The summed E-state index contributed by atoms with van der Waals surface area (Å²) in [6.07, 6.45) is 0. The molecule has 0 aliphatic carbocycles. The van der Waals surface area contributed by atoms with Crippen molar-refractivity contribution in [2.75, 3.05) is 26.4 Å². The molecule has 0 saturated carbocycles. The van der Waals surface area contributed by atoms with Crippen LogP contribution in [0.2, 0.25) is 0 Å². The van der Waals surface area contributed by atoms with Crippen LogP contribution < -0.4 is 0 Å². The van der Waals surface area contributed by atoms with Crippen LogP contribution in [-0.4, -0.2) is 58.1 Å². The minimum absolute atomic E-state index is 0.0653. The summed E-state index contributed by atoms with van der Waals surface area (Å²) in [5.41, 5.74) is 0.279. The topological polar surface area (TPSA) is 130 Å². The highest BCUT2D eigenvalue weighted by Gasteiger charge is 2.45. The van der Waals surface area contributed by atoms with Crippen molar-refractivity contribution in [1.29, 1.82) is 0 Å². The number of hydrogen-bond acceptors (Lipinski definition) is 7. The second-order valence-corrected chi connectivity index (χ2v) is 6.55. The lowest BCUT2D eigenvalue weighted by molar-refractivity contribution is -0.384. The third kappa shape index (κ3) is 4.22. The van der Waals surface area contributed by atoms with Gasteiger partial charge in [-0.1, -0.05) is 42.5 Å². The van der Waals surface area contributed by atoms with Gasteiger partial charge in [0.25, 0.3) is 17.4 Å². The second-order valence-electron chi connectivity index (χ2n) is 6.55. The molecule has 1 aliphatic rings. The first kappa shape index (κ1) is 21.2. The number of ketones is 1. The van der Waals surface area contributed by atoms with Gasteiger partial charge in [0.15, 0.2) is 0 Å². The standard InChI is InChI=1S/C21H20N2O7/c24-10-12-30-11-9-22-18(14-5-2-1-3-6-14)17(20(26)21(22)27)19(25)15-7-4-8-16(13-15)23(28)29/h1-8,13,18,24-25H,9-12H2/t18-/m1/s1. The van der Waals surface area contributed by atoms with Crippen molar-refractivity contribution in [3.05, 3.63) is 81.4 Å². The van der Waals surface area contributed by atoms with Crippen LogP contribution in [-0.2, 0) is 14.3 Å². The van der Waals surface area contributed by atoms with Gasteiger partial charge in [-0.25, -0.2) is 0 Å². The number of ether oxygens (including phenoxy) is 1. The van der Waals surface area contributed by atoms with E-state index in [1.54, 1.807) is 30.3 Å². The van der Waals surface area contributed by atoms with Crippen LogP contribution in [0.1, 0.15) is 17.2 Å². The highest BCUT2D eigenvalue weighted by Crippen LogP contribution is 2.39. The highest BCUT2D eigenvalue weighted by atomic mass is 16.6. The lowest BCUT2D eigenvalue weighted by atomic mass is 9.95. The summed E-state index contributed by atoms with van der Waals surface area (Å²) in [6.45, 7) is 0.0743. The van der Waals surface area contributed by atoms with E-state index in [1.807, 2.05) is 0 Å². The number of likely N-dealkylation sites (tertiary alicyclic amines) is 1. The molecule has 0 unspecified atom stereocenters. The molecule has 1 saturated heterocycles. The number of hydrogen-bond donors (Lipinski definition) is 2. The molecule has 1 fully saturated rings. The first-order chi connectivity index (χ1) is 14.5. The van der Waals surface area contributed by atoms with Gasteiger partial charge < -0.3 is 19.8 Å². The second kappa shape index (κ2) is 9.29. The molecule has 9 nitrogen and oxygen atoms in total. The fraction of sp³-hybridized carbons (Fsp3) is 0.238. The number of non-ortho nitro benzene ring substituents is 1. The Hall–Kier alpha value is -3.56. The van der Waals surface area contributed by atoms with Gasteiger partial charge in [-0.05, 0) is 5.56 Å². The van der Waals surface area contributed by atoms with Crippen LogP contribution >= 0.6 is 0 Å². The van der Waals surface area contributed by atoms with Gasteiger partial charge in [0.1, 0.15) is 5.76 Å². The molecule has 9 heteroatoms. The van der Waals surface area contributed by atoms with Gasteiger partial charge in [-0.15, -0.1) is 0 Å². The SMILES string of the molecule is O=C1C(=O)N(CCOCCO)[C@H](c2ccccc2)C1=C(O)c1cccc([N+](=O)[O-])c1. The first-order valence-corrected chi connectivity index (χ1v) is 9.22. The Kier molecular flexibility index (Phi) is 6.55. The molecule has 0 aromatic heterocycles. The summed E-state index contributed by atoms with van der Waals surface area (Å²) < 4.78 is 5.23. The van der Waals surface area contributed by atoms with Crippen LogP contribution in [0.4, 0.5) is 5.69 Å². The van der Waals surface area contributed by atoms with E-state index in [9.17, 15) is 24.8 Å². The Balaban J connectivity index is 2.07. The Morgan fingerprint density at radius 1 is 1.10 bits per heavy atom. The van der Waals surface area contributed by atoms with Crippen LogP contribution in [0, 0.1) is 10.1 Å². The summed E-state index contributed by atoms with van der Waals surface area (Å²) in [5.74, 6) is -2.16. The smallest absolute Gasteiger partial charge is 0.295 e. The van der Waals surface area contributed by atoms with Crippen LogP contribution in [0.15, 0.2) is 60.2 Å². The lowest BCUT2D eigenvalue weighted by Crippen LogP contribution is -2.33. The van der Waals surface area contributed by atoms with E-state index in [4.69, 9.17) is 9.84 Å². The maximum Gasteiger partial charge on any atom is 0.295 e. The number of nitro groups is 1. The molecular formula is C21H20N2O7. The third-order valence-electron chi connectivity index (χ3n) is 4.70. The van der Waals surface area contributed by atoms with Crippen LogP contribution in [0.3, 0.4) is 0 Å². The number of nitrogens with zero attached hydrogens (tertiary/aromatic N) is 2. The number of nitro benzene ring substituents is 1. The molecule has 2 N–H and O–H groups in total. The number of carbonyl (C=O) groups is 2. The van der Waals surface area contributed by atoms with Crippen LogP contribution in [0.25, 0.3) is 5.76 Å². The van der Waals surface area contributed by atoms with E-state index in [1.165, 1.54) is 23.1 Å². The molecule has 3 rings (SSSR count). The van der Waals surface area contributed by atoms with Gasteiger partial charge in [0.2, 0.25) is 0 Å². The van der Waals surface area contributed by atoms with Crippen molar-refractivity contribution in [3.63, 3.8) is 0 Å². The normalized spacial score (nSPS) is 18.0. The van der Waals surface area contributed by atoms with Gasteiger partial charge in [-0.2, -0.15) is 0 Å². The van der Waals surface area contributed by atoms with Gasteiger partial charge in [0, 0.05) is 24.2 Å². The summed E-state index contributed by atoms with van der Waals surface area (Å²) in [4.78, 5) is 37.2. The molecule has 0 spiro atoms. The van der Waals surface area contributed by atoms with E-state index < -0.39 is 28.4 Å². The summed E-state index contributed by atoms with van der Waals surface area (Å²) in [5, 5.41) is 30.8. The van der Waals surface area contributed by atoms with E-state index in [0.717, 1.165) is 6.07 Å². The quantitative estimate of drug-likeness (QED) is 0.169. The molecule has 0 radical (unpaired) electrons. The zero-order valence-corrected chi connectivity index (χ0v) is 15.9. The Morgan fingerprint density at radius 2 is 1.83 bits per heavy atom.